The molecule has 2 aromatic rings. The summed E-state index contributed by atoms with van der Waals surface area (Å²) in [5.41, 5.74) is 1.01. The number of benzene rings is 1. The summed E-state index contributed by atoms with van der Waals surface area (Å²) in [4.78, 5) is 0. The predicted octanol–water partition coefficient (Wildman–Crippen LogP) is 3.65. The van der Waals surface area contributed by atoms with E-state index in [1.807, 2.05) is 25.2 Å². The fraction of sp³-hybridized carbons (Fsp3) is 0.385. The van der Waals surface area contributed by atoms with Crippen molar-refractivity contribution in [1.82, 2.24) is 15.5 Å². The zero-order chi connectivity index (χ0) is 13.8. The first-order valence-corrected chi connectivity index (χ1v) is 7.65. The van der Waals surface area contributed by atoms with Crippen LogP contribution in [0, 0.1) is 0 Å². The summed E-state index contributed by atoms with van der Waals surface area (Å²) in [6, 6.07) is 6.10. The van der Waals surface area contributed by atoms with Crippen LogP contribution in [0.25, 0.3) is 10.6 Å². The summed E-state index contributed by atoms with van der Waals surface area (Å²) < 4.78 is 6.25. The highest BCUT2D eigenvalue weighted by molar-refractivity contribution is 9.10. The molecule has 0 bridgehead atoms. The van der Waals surface area contributed by atoms with E-state index >= 15 is 0 Å². The molecular weight excluding hydrogens is 326 g/mol. The van der Waals surface area contributed by atoms with Gasteiger partial charge >= 0.3 is 0 Å². The molecular formula is C13H16BrN3OS. The third-order valence-electron chi connectivity index (χ3n) is 2.90. The van der Waals surface area contributed by atoms with E-state index < -0.39 is 0 Å². The van der Waals surface area contributed by atoms with E-state index in [0.717, 1.165) is 32.2 Å². The average molecular weight is 342 g/mol. The number of methoxy groups -OCH3 is 1. The lowest BCUT2D eigenvalue weighted by Gasteiger charge is -2.08. The molecule has 0 saturated carbocycles. The molecule has 1 atom stereocenters. The summed E-state index contributed by atoms with van der Waals surface area (Å²) in [6.07, 6.45) is 0.990. The lowest BCUT2D eigenvalue weighted by molar-refractivity contribution is 0.415. The van der Waals surface area contributed by atoms with Crippen molar-refractivity contribution >= 4 is 27.3 Å². The monoisotopic (exact) mass is 341 g/mol. The first-order chi connectivity index (χ1) is 9.19. The molecule has 4 nitrogen and oxygen atoms in total. The molecule has 0 fully saturated rings. The Kier molecular flexibility index (Phi) is 4.90. The van der Waals surface area contributed by atoms with Crippen molar-refractivity contribution in [2.24, 2.45) is 0 Å². The van der Waals surface area contributed by atoms with E-state index in [9.17, 15) is 0 Å². The van der Waals surface area contributed by atoms with Crippen LogP contribution in [-0.2, 0) is 0 Å². The van der Waals surface area contributed by atoms with Crippen molar-refractivity contribution in [2.75, 3.05) is 14.2 Å². The Balaban J connectivity index is 2.37. The number of hydrogen-bond acceptors (Lipinski definition) is 5. The van der Waals surface area contributed by atoms with Crippen molar-refractivity contribution in [1.29, 1.82) is 0 Å². The highest BCUT2D eigenvalue weighted by atomic mass is 79.9. The summed E-state index contributed by atoms with van der Waals surface area (Å²) in [7, 11) is 3.60. The molecule has 0 amide bonds. The quantitative estimate of drug-likeness (QED) is 0.901. The molecule has 1 aromatic carbocycles. The van der Waals surface area contributed by atoms with Gasteiger partial charge in [-0.1, -0.05) is 34.2 Å². The van der Waals surface area contributed by atoms with Gasteiger partial charge in [0, 0.05) is 10.0 Å². The molecule has 1 unspecified atom stereocenters. The van der Waals surface area contributed by atoms with Crippen LogP contribution in [0.4, 0.5) is 0 Å². The summed E-state index contributed by atoms with van der Waals surface area (Å²) in [6.45, 7) is 2.13. The molecule has 0 aliphatic rings. The molecule has 1 aromatic heterocycles. The van der Waals surface area contributed by atoms with Crippen molar-refractivity contribution in [3.05, 3.63) is 27.7 Å². The maximum Gasteiger partial charge on any atom is 0.149 e. The van der Waals surface area contributed by atoms with E-state index in [1.165, 1.54) is 0 Å². The van der Waals surface area contributed by atoms with Gasteiger partial charge in [0.2, 0.25) is 0 Å². The van der Waals surface area contributed by atoms with Gasteiger partial charge in [-0.3, -0.25) is 0 Å². The van der Waals surface area contributed by atoms with Crippen LogP contribution in [0.5, 0.6) is 5.75 Å². The maximum absolute atomic E-state index is 5.25. The Morgan fingerprint density at radius 3 is 2.84 bits per heavy atom. The Morgan fingerprint density at radius 1 is 1.42 bits per heavy atom. The normalized spacial score (nSPS) is 12.4. The van der Waals surface area contributed by atoms with Gasteiger partial charge in [0.05, 0.1) is 13.2 Å². The van der Waals surface area contributed by atoms with Crippen molar-refractivity contribution in [3.63, 3.8) is 0 Å². The van der Waals surface area contributed by atoms with E-state index in [4.69, 9.17) is 4.74 Å². The van der Waals surface area contributed by atoms with Crippen LogP contribution < -0.4 is 10.1 Å². The first-order valence-electron chi connectivity index (χ1n) is 6.04. The standard InChI is InChI=1S/C13H16BrN3OS/c1-4-11(15-2)13-17-16-12(19-13)9-7-8(18-3)5-6-10(9)14/h5-7,11,15H,4H2,1-3H3. The predicted molar refractivity (Wildman–Crippen MR) is 81.7 cm³/mol. The third kappa shape index (κ3) is 3.13. The maximum atomic E-state index is 5.25. The molecule has 2 rings (SSSR count). The molecule has 0 spiro atoms. The van der Waals surface area contributed by atoms with E-state index in [-0.39, 0.29) is 6.04 Å². The fourth-order valence-corrected chi connectivity index (χ4v) is 3.41. The molecule has 1 N–H and O–H groups in total. The zero-order valence-electron chi connectivity index (χ0n) is 11.1. The van der Waals surface area contributed by atoms with Crippen LogP contribution >= 0.6 is 27.3 Å². The molecule has 0 radical (unpaired) electrons. The Hall–Kier alpha value is -0.980. The Labute approximate surface area is 125 Å². The van der Waals surface area contributed by atoms with Crippen LogP contribution in [-0.4, -0.2) is 24.4 Å². The Bertz CT molecular complexity index is 555. The van der Waals surface area contributed by atoms with Crippen LogP contribution in [0.15, 0.2) is 22.7 Å². The van der Waals surface area contributed by atoms with Gasteiger partial charge in [0.1, 0.15) is 15.8 Å². The lowest BCUT2D eigenvalue weighted by atomic mass is 10.2. The smallest absolute Gasteiger partial charge is 0.149 e. The number of hydrogen-bond donors (Lipinski definition) is 1. The summed E-state index contributed by atoms with van der Waals surface area (Å²) in [5.74, 6) is 0.815. The minimum absolute atomic E-state index is 0.260. The molecule has 0 saturated heterocycles. The second kappa shape index (κ2) is 6.45. The largest absolute Gasteiger partial charge is 0.497 e. The second-order valence-corrected chi connectivity index (χ2v) is 5.90. The lowest BCUT2D eigenvalue weighted by Crippen LogP contribution is -2.14. The molecule has 1 heterocycles. The summed E-state index contributed by atoms with van der Waals surface area (Å²) in [5, 5.41) is 13.7. The Morgan fingerprint density at radius 2 is 2.21 bits per heavy atom. The number of rotatable bonds is 5. The molecule has 19 heavy (non-hydrogen) atoms. The number of nitrogens with one attached hydrogen (secondary N) is 1. The minimum atomic E-state index is 0.260. The van der Waals surface area contributed by atoms with E-state index in [1.54, 1.807) is 18.4 Å². The second-order valence-electron chi connectivity index (χ2n) is 4.04. The number of aromatic nitrogens is 2. The first kappa shape index (κ1) is 14.4. The van der Waals surface area contributed by atoms with Gasteiger partial charge < -0.3 is 10.1 Å². The highest BCUT2D eigenvalue weighted by Crippen LogP contribution is 2.35. The van der Waals surface area contributed by atoms with Gasteiger partial charge in [-0.25, -0.2) is 0 Å². The minimum Gasteiger partial charge on any atom is -0.497 e. The molecule has 6 heteroatoms. The topological polar surface area (TPSA) is 47.0 Å². The fourth-order valence-electron chi connectivity index (χ4n) is 1.78. The van der Waals surface area contributed by atoms with Crippen molar-refractivity contribution < 1.29 is 4.74 Å². The van der Waals surface area contributed by atoms with Crippen LogP contribution in [0.1, 0.15) is 24.4 Å². The van der Waals surface area contributed by atoms with Crippen LogP contribution in [0.3, 0.4) is 0 Å². The van der Waals surface area contributed by atoms with E-state index in [0.29, 0.717) is 0 Å². The van der Waals surface area contributed by atoms with E-state index in [2.05, 4.69) is 38.4 Å². The van der Waals surface area contributed by atoms with Gasteiger partial charge in [-0.2, -0.15) is 0 Å². The molecule has 0 aliphatic heterocycles. The zero-order valence-corrected chi connectivity index (χ0v) is 13.5. The number of ether oxygens (including phenoxy) is 1. The van der Waals surface area contributed by atoms with Gasteiger partial charge in [0.15, 0.2) is 0 Å². The van der Waals surface area contributed by atoms with Gasteiger partial charge in [0.25, 0.3) is 0 Å². The highest BCUT2D eigenvalue weighted by Gasteiger charge is 2.15. The van der Waals surface area contributed by atoms with Gasteiger partial charge in [-0.05, 0) is 31.7 Å². The van der Waals surface area contributed by atoms with Crippen LogP contribution in [0.2, 0.25) is 0 Å². The van der Waals surface area contributed by atoms with Crippen molar-refractivity contribution in [2.45, 2.75) is 19.4 Å². The number of nitrogens with zero attached hydrogens (tertiary/aromatic N) is 2. The summed E-state index contributed by atoms with van der Waals surface area (Å²) >= 11 is 5.15. The van der Waals surface area contributed by atoms with Gasteiger partial charge in [-0.15, -0.1) is 10.2 Å². The molecule has 102 valence electrons. The third-order valence-corrected chi connectivity index (χ3v) is 4.66. The number of halogens is 1. The average Bonchev–Trinajstić information content (AvgIpc) is 2.90. The molecule has 0 aliphatic carbocycles. The van der Waals surface area contributed by atoms with Crippen molar-refractivity contribution in [3.8, 4) is 16.3 Å². The SMILES string of the molecule is CCC(NC)c1nnc(-c2cc(OC)ccc2Br)s1.